The van der Waals surface area contributed by atoms with Crippen molar-refractivity contribution in [2.24, 2.45) is 0 Å². The first-order chi connectivity index (χ1) is 7.01. The first kappa shape index (κ1) is 12.4. The Morgan fingerprint density at radius 1 is 1.47 bits per heavy atom. The molecule has 84 valence electrons. The lowest BCUT2D eigenvalue weighted by Crippen LogP contribution is -2.16. The molecule has 0 unspecified atom stereocenters. The average Bonchev–Trinajstić information content (AvgIpc) is 2.18. The predicted molar refractivity (Wildman–Crippen MR) is 56.3 cm³/mol. The topological polar surface area (TPSA) is 29.5 Å². The number of aliphatic hydroxyl groups excluding tert-OH is 1. The Morgan fingerprint density at radius 2 is 2.13 bits per heavy atom. The first-order valence-corrected chi connectivity index (χ1v) is 5.13. The van der Waals surface area contributed by atoms with Gasteiger partial charge in [0, 0.05) is 23.1 Å². The minimum Gasteiger partial charge on any atom is -0.497 e. The highest BCUT2D eigenvalue weighted by Crippen LogP contribution is 2.38. The number of hydrogen-bond donors (Lipinski definition) is 1. The molecular weight excluding hydrogens is 270 g/mol. The lowest BCUT2D eigenvalue weighted by atomic mass is 10.1. The minimum atomic E-state index is -3.05. The summed E-state index contributed by atoms with van der Waals surface area (Å²) in [5.74, 6) is -2.69. The Morgan fingerprint density at radius 3 is 2.67 bits per heavy atom. The number of hydrogen-bond acceptors (Lipinski definition) is 2. The maximum Gasteiger partial charge on any atom is 0.276 e. The molecule has 0 radical (unpaired) electrons. The molecule has 0 spiro atoms. The molecular formula is C10H11BrF2O2. The molecule has 1 aromatic carbocycles. The van der Waals surface area contributed by atoms with Gasteiger partial charge in [-0.25, -0.2) is 8.78 Å². The smallest absolute Gasteiger partial charge is 0.276 e. The van der Waals surface area contributed by atoms with Crippen molar-refractivity contribution in [2.45, 2.75) is 12.3 Å². The van der Waals surface area contributed by atoms with Crippen molar-refractivity contribution in [1.82, 2.24) is 0 Å². The maximum atomic E-state index is 13.5. The molecule has 0 aliphatic carbocycles. The van der Waals surface area contributed by atoms with Gasteiger partial charge >= 0.3 is 0 Å². The fourth-order valence-corrected chi connectivity index (χ4v) is 1.72. The first-order valence-electron chi connectivity index (χ1n) is 4.34. The van der Waals surface area contributed by atoms with E-state index in [0.717, 1.165) is 0 Å². The summed E-state index contributed by atoms with van der Waals surface area (Å²) in [6, 6.07) is 4.35. The molecule has 0 aromatic heterocycles. The standard InChI is InChI=1S/C10H11BrF2O2/c1-15-7-2-3-9(11)8(6-7)10(12,13)4-5-14/h2-3,6,14H,4-5H2,1H3. The summed E-state index contributed by atoms with van der Waals surface area (Å²) in [6.07, 6.45) is -0.598. The Kier molecular flexibility index (Phi) is 4.04. The van der Waals surface area contributed by atoms with Gasteiger partial charge in [-0.1, -0.05) is 15.9 Å². The fourth-order valence-electron chi connectivity index (χ4n) is 1.19. The predicted octanol–water partition coefficient (Wildman–Crippen LogP) is 2.93. The van der Waals surface area contributed by atoms with Crippen molar-refractivity contribution >= 4 is 15.9 Å². The molecule has 0 aliphatic heterocycles. The third-order valence-electron chi connectivity index (χ3n) is 1.99. The molecule has 0 atom stereocenters. The van der Waals surface area contributed by atoms with E-state index in [-0.39, 0.29) is 5.56 Å². The van der Waals surface area contributed by atoms with Crippen LogP contribution in [0.3, 0.4) is 0 Å². The van der Waals surface area contributed by atoms with Gasteiger partial charge in [-0.05, 0) is 18.2 Å². The van der Waals surface area contributed by atoms with Gasteiger partial charge in [-0.3, -0.25) is 0 Å². The highest BCUT2D eigenvalue weighted by Gasteiger charge is 2.33. The van der Waals surface area contributed by atoms with Gasteiger partial charge in [0.25, 0.3) is 5.92 Å². The van der Waals surface area contributed by atoms with E-state index in [1.165, 1.54) is 19.2 Å². The lowest BCUT2D eigenvalue weighted by Gasteiger charge is -2.17. The molecule has 2 nitrogen and oxygen atoms in total. The van der Waals surface area contributed by atoms with Gasteiger partial charge in [0.05, 0.1) is 7.11 Å². The summed E-state index contributed by atoms with van der Waals surface area (Å²) in [7, 11) is 1.41. The largest absolute Gasteiger partial charge is 0.497 e. The van der Waals surface area contributed by atoms with E-state index >= 15 is 0 Å². The summed E-state index contributed by atoms with van der Waals surface area (Å²) in [5, 5.41) is 8.55. The molecule has 0 saturated carbocycles. The van der Waals surface area contributed by atoms with E-state index in [0.29, 0.717) is 10.2 Å². The van der Waals surface area contributed by atoms with Crippen molar-refractivity contribution in [3.05, 3.63) is 28.2 Å². The Labute approximate surface area is 95.0 Å². The van der Waals surface area contributed by atoms with Crippen LogP contribution in [0, 0.1) is 0 Å². The van der Waals surface area contributed by atoms with Crippen LogP contribution in [0.15, 0.2) is 22.7 Å². The molecule has 5 heteroatoms. The second-order valence-electron chi connectivity index (χ2n) is 3.02. The van der Waals surface area contributed by atoms with Crippen LogP contribution in [-0.2, 0) is 5.92 Å². The Balaban J connectivity index is 3.11. The van der Waals surface area contributed by atoms with Crippen molar-refractivity contribution in [3.8, 4) is 5.75 Å². The van der Waals surface area contributed by atoms with Crippen LogP contribution in [0.2, 0.25) is 0 Å². The molecule has 0 aliphatic rings. The molecule has 0 bridgehead atoms. The number of halogens is 3. The van der Waals surface area contributed by atoms with Crippen molar-refractivity contribution in [3.63, 3.8) is 0 Å². The number of alkyl halides is 2. The normalized spacial score (nSPS) is 11.5. The number of methoxy groups -OCH3 is 1. The van der Waals surface area contributed by atoms with Crippen LogP contribution in [0.4, 0.5) is 8.78 Å². The molecule has 0 saturated heterocycles. The average molecular weight is 281 g/mol. The van der Waals surface area contributed by atoms with Crippen molar-refractivity contribution in [2.75, 3.05) is 13.7 Å². The quantitative estimate of drug-likeness (QED) is 0.919. The summed E-state index contributed by atoms with van der Waals surface area (Å²) >= 11 is 3.05. The van der Waals surface area contributed by atoms with Gasteiger partial charge in [0.15, 0.2) is 0 Å². The SMILES string of the molecule is COc1ccc(Br)c(C(F)(F)CCO)c1. The number of aliphatic hydroxyl groups is 1. The summed E-state index contributed by atoms with van der Waals surface area (Å²) < 4.78 is 32.1. The van der Waals surface area contributed by atoms with E-state index < -0.39 is 19.0 Å². The summed E-state index contributed by atoms with van der Waals surface area (Å²) in [6.45, 7) is -0.559. The fraction of sp³-hybridized carbons (Fsp3) is 0.400. The number of benzene rings is 1. The molecule has 0 heterocycles. The van der Waals surface area contributed by atoms with Gasteiger partial charge < -0.3 is 9.84 Å². The van der Waals surface area contributed by atoms with Crippen LogP contribution >= 0.6 is 15.9 Å². The Hall–Kier alpha value is -0.680. The molecule has 1 aromatic rings. The zero-order chi connectivity index (χ0) is 11.5. The highest BCUT2D eigenvalue weighted by molar-refractivity contribution is 9.10. The summed E-state index contributed by atoms with van der Waals surface area (Å²) in [5.41, 5.74) is -0.170. The van der Waals surface area contributed by atoms with Gasteiger partial charge in [0.2, 0.25) is 0 Å². The second kappa shape index (κ2) is 4.90. The number of ether oxygens (including phenoxy) is 1. The van der Waals surface area contributed by atoms with Gasteiger partial charge in [0.1, 0.15) is 5.75 Å². The van der Waals surface area contributed by atoms with Gasteiger partial charge in [-0.2, -0.15) is 0 Å². The highest BCUT2D eigenvalue weighted by atomic mass is 79.9. The van der Waals surface area contributed by atoms with Crippen LogP contribution in [0.5, 0.6) is 5.75 Å². The monoisotopic (exact) mass is 280 g/mol. The van der Waals surface area contributed by atoms with Crippen LogP contribution in [0.1, 0.15) is 12.0 Å². The van der Waals surface area contributed by atoms with E-state index in [1.807, 2.05) is 0 Å². The van der Waals surface area contributed by atoms with Crippen molar-refractivity contribution in [1.29, 1.82) is 0 Å². The molecule has 0 fully saturated rings. The van der Waals surface area contributed by atoms with Crippen LogP contribution in [0.25, 0.3) is 0 Å². The summed E-state index contributed by atoms with van der Waals surface area (Å²) in [4.78, 5) is 0. The molecule has 1 rings (SSSR count). The second-order valence-corrected chi connectivity index (χ2v) is 3.88. The number of rotatable bonds is 4. The van der Waals surface area contributed by atoms with Crippen LogP contribution in [-0.4, -0.2) is 18.8 Å². The third kappa shape index (κ3) is 2.89. The lowest BCUT2D eigenvalue weighted by molar-refractivity contribution is -0.0277. The zero-order valence-electron chi connectivity index (χ0n) is 8.14. The molecule has 15 heavy (non-hydrogen) atoms. The minimum absolute atomic E-state index is 0.170. The van der Waals surface area contributed by atoms with Crippen LogP contribution < -0.4 is 4.74 Å². The van der Waals surface area contributed by atoms with Crippen molar-refractivity contribution < 1.29 is 18.6 Å². The van der Waals surface area contributed by atoms with E-state index in [4.69, 9.17) is 9.84 Å². The maximum absolute atomic E-state index is 13.5. The van der Waals surface area contributed by atoms with E-state index in [2.05, 4.69) is 15.9 Å². The zero-order valence-corrected chi connectivity index (χ0v) is 9.72. The molecule has 0 amide bonds. The molecule has 1 N–H and O–H groups in total. The Bertz CT molecular complexity index is 342. The van der Waals surface area contributed by atoms with E-state index in [9.17, 15) is 8.78 Å². The third-order valence-corrected chi connectivity index (χ3v) is 2.68. The van der Waals surface area contributed by atoms with Gasteiger partial charge in [-0.15, -0.1) is 0 Å². The van der Waals surface area contributed by atoms with E-state index in [1.54, 1.807) is 6.07 Å².